The van der Waals surface area contributed by atoms with Crippen molar-refractivity contribution in [2.24, 2.45) is 5.92 Å². The van der Waals surface area contributed by atoms with Gasteiger partial charge in [-0.05, 0) is 58.0 Å². The molecule has 0 bridgehead atoms. The second-order valence-corrected chi connectivity index (χ2v) is 7.72. The van der Waals surface area contributed by atoms with Crippen molar-refractivity contribution in [3.05, 3.63) is 28.9 Å². The molecule has 8 nitrogen and oxygen atoms in total. The fourth-order valence-corrected chi connectivity index (χ4v) is 3.90. The van der Waals surface area contributed by atoms with Crippen molar-refractivity contribution in [1.82, 2.24) is 9.88 Å². The van der Waals surface area contributed by atoms with Crippen molar-refractivity contribution in [2.45, 2.75) is 32.7 Å². The number of carbonyl (C=O) groups excluding carboxylic acids is 3. The van der Waals surface area contributed by atoms with Gasteiger partial charge in [-0.2, -0.15) is 0 Å². The van der Waals surface area contributed by atoms with Gasteiger partial charge in [0.05, 0.1) is 31.4 Å². The summed E-state index contributed by atoms with van der Waals surface area (Å²) in [5, 5.41) is 3.98. The molecule has 2 aromatic rings. The van der Waals surface area contributed by atoms with E-state index < -0.39 is 12.0 Å². The maximum Gasteiger partial charge on any atom is 0.356 e. The van der Waals surface area contributed by atoms with Crippen LogP contribution in [0.1, 0.15) is 37.2 Å². The number of hydrogen-bond acceptors (Lipinski definition) is 6. The number of H-pyrrole nitrogens is 1. The second-order valence-electron chi connectivity index (χ2n) is 7.28. The van der Waals surface area contributed by atoms with Gasteiger partial charge in [-0.25, -0.2) is 4.79 Å². The van der Waals surface area contributed by atoms with E-state index in [0.29, 0.717) is 54.2 Å². The molecule has 0 unspecified atom stereocenters. The molecule has 2 heterocycles. The Balaban J connectivity index is 1.74. The largest absolute Gasteiger partial charge is 0.466 e. The van der Waals surface area contributed by atoms with E-state index in [0.717, 1.165) is 0 Å². The summed E-state index contributed by atoms with van der Waals surface area (Å²) in [6, 6.07) is 4.68. The minimum absolute atomic E-state index is 0.127. The Labute approximate surface area is 179 Å². The van der Waals surface area contributed by atoms with E-state index in [2.05, 4.69) is 10.3 Å². The number of benzene rings is 1. The Hall–Kier alpha value is -2.58. The van der Waals surface area contributed by atoms with Crippen molar-refractivity contribution in [1.29, 1.82) is 0 Å². The lowest BCUT2D eigenvalue weighted by Gasteiger charge is -2.34. The average molecular weight is 436 g/mol. The van der Waals surface area contributed by atoms with Crippen molar-refractivity contribution >= 4 is 46.0 Å². The minimum atomic E-state index is -0.583. The van der Waals surface area contributed by atoms with Crippen LogP contribution in [0.5, 0.6) is 0 Å². The van der Waals surface area contributed by atoms with Gasteiger partial charge in [0, 0.05) is 15.9 Å². The van der Waals surface area contributed by atoms with Gasteiger partial charge in [0.2, 0.25) is 5.91 Å². The summed E-state index contributed by atoms with van der Waals surface area (Å²) in [5.74, 6) is -1.14. The van der Waals surface area contributed by atoms with E-state index in [1.807, 2.05) is 4.90 Å². The van der Waals surface area contributed by atoms with E-state index >= 15 is 0 Å². The van der Waals surface area contributed by atoms with Crippen molar-refractivity contribution in [3.8, 4) is 0 Å². The molecule has 1 aromatic carbocycles. The lowest BCUT2D eigenvalue weighted by molar-refractivity contribution is -0.149. The topological polar surface area (TPSA) is 101 Å². The number of rotatable bonds is 6. The number of aromatic amines is 1. The van der Waals surface area contributed by atoms with Crippen LogP contribution in [0.4, 0.5) is 5.69 Å². The number of esters is 2. The molecule has 1 aliphatic rings. The minimum Gasteiger partial charge on any atom is -0.466 e. The zero-order valence-electron chi connectivity index (χ0n) is 17.3. The predicted molar refractivity (Wildman–Crippen MR) is 114 cm³/mol. The number of amides is 1. The fraction of sp³-hybridized carbons (Fsp3) is 0.476. The van der Waals surface area contributed by atoms with Crippen LogP contribution >= 0.6 is 11.6 Å². The summed E-state index contributed by atoms with van der Waals surface area (Å²) >= 11 is 6.11. The number of halogens is 1. The monoisotopic (exact) mass is 435 g/mol. The molecule has 3 rings (SSSR count). The zero-order valence-corrected chi connectivity index (χ0v) is 18.0. The third-order valence-electron chi connectivity index (χ3n) is 5.47. The molecular formula is C21H26ClN3O5. The molecule has 1 atom stereocenters. The summed E-state index contributed by atoms with van der Waals surface area (Å²) in [6.07, 6.45) is 1.29. The van der Waals surface area contributed by atoms with E-state index in [9.17, 15) is 14.4 Å². The molecule has 162 valence electrons. The molecule has 9 heteroatoms. The number of ether oxygens (including phenoxy) is 2. The highest BCUT2D eigenvalue weighted by Crippen LogP contribution is 2.31. The molecule has 1 saturated heterocycles. The number of carbonyl (C=O) groups is 3. The van der Waals surface area contributed by atoms with Gasteiger partial charge in [-0.3, -0.25) is 14.5 Å². The normalized spacial score (nSPS) is 16.3. The molecule has 1 aromatic heterocycles. The number of aromatic nitrogens is 1. The van der Waals surface area contributed by atoms with Crippen molar-refractivity contribution in [3.63, 3.8) is 0 Å². The van der Waals surface area contributed by atoms with Crippen molar-refractivity contribution < 1.29 is 23.9 Å². The van der Waals surface area contributed by atoms with Crippen LogP contribution in [0.3, 0.4) is 0 Å². The summed E-state index contributed by atoms with van der Waals surface area (Å²) in [7, 11) is 1.28. The van der Waals surface area contributed by atoms with Gasteiger partial charge < -0.3 is 19.8 Å². The molecule has 0 aliphatic carbocycles. The molecule has 0 spiro atoms. The van der Waals surface area contributed by atoms with Crippen LogP contribution in [0, 0.1) is 5.92 Å². The van der Waals surface area contributed by atoms with Crippen LogP contribution in [0.2, 0.25) is 5.02 Å². The van der Waals surface area contributed by atoms with Crippen LogP contribution in [-0.4, -0.2) is 60.6 Å². The van der Waals surface area contributed by atoms with Crippen molar-refractivity contribution in [2.75, 3.05) is 32.1 Å². The fourth-order valence-electron chi connectivity index (χ4n) is 3.73. The second kappa shape index (κ2) is 9.49. The van der Waals surface area contributed by atoms with E-state index in [-0.39, 0.29) is 23.5 Å². The highest BCUT2D eigenvalue weighted by molar-refractivity contribution is 6.31. The first-order valence-corrected chi connectivity index (χ1v) is 10.3. The Morgan fingerprint density at radius 1 is 1.30 bits per heavy atom. The first-order chi connectivity index (χ1) is 14.3. The molecule has 0 saturated carbocycles. The molecule has 0 radical (unpaired) electrons. The number of anilines is 1. The lowest BCUT2D eigenvalue weighted by Crippen LogP contribution is -2.47. The summed E-state index contributed by atoms with van der Waals surface area (Å²) in [6.45, 7) is 5.19. The molecule has 2 N–H and O–H groups in total. The number of nitrogens with zero attached hydrogens (tertiary/aromatic N) is 1. The van der Waals surface area contributed by atoms with E-state index in [1.165, 1.54) is 7.11 Å². The SMILES string of the molecule is CCOC(=O)C1CCN([C@H](C)C(=O)Nc2c(C(=O)OC)[nH]c3ccc(Cl)cc23)CC1. The summed E-state index contributed by atoms with van der Waals surface area (Å²) in [5.41, 5.74) is 1.17. The first kappa shape index (κ1) is 22.1. The van der Waals surface area contributed by atoms with Gasteiger partial charge in [0.1, 0.15) is 5.69 Å². The highest BCUT2D eigenvalue weighted by atomic mass is 35.5. The Morgan fingerprint density at radius 2 is 2.00 bits per heavy atom. The van der Waals surface area contributed by atoms with Gasteiger partial charge >= 0.3 is 11.9 Å². The Kier molecular flexibility index (Phi) is 6.99. The zero-order chi connectivity index (χ0) is 21.8. The first-order valence-electron chi connectivity index (χ1n) is 9.96. The van der Waals surface area contributed by atoms with Gasteiger partial charge in [0.15, 0.2) is 0 Å². The van der Waals surface area contributed by atoms with Gasteiger partial charge in [0.25, 0.3) is 0 Å². The maximum atomic E-state index is 13.0. The third-order valence-corrected chi connectivity index (χ3v) is 5.71. The Bertz CT molecular complexity index is 950. The molecule has 30 heavy (non-hydrogen) atoms. The van der Waals surface area contributed by atoms with Gasteiger partial charge in [-0.15, -0.1) is 0 Å². The molecule has 1 aliphatic heterocycles. The smallest absolute Gasteiger partial charge is 0.356 e. The lowest BCUT2D eigenvalue weighted by atomic mass is 9.96. The maximum absolute atomic E-state index is 13.0. The number of nitrogens with one attached hydrogen (secondary N) is 2. The summed E-state index contributed by atoms with van der Waals surface area (Å²) in [4.78, 5) is 42.1. The van der Waals surface area contributed by atoms with Gasteiger partial charge in [-0.1, -0.05) is 11.6 Å². The number of hydrogen-bond donors (Lipinski definition) is 2. The van der Waals surface area contributed by atoms with E-state index in [4.69, 9.17) is 21.1 Å². The van der Waals surface area contributed by atoms with Crippen LogP contribution in [0.15, 0.2) is 18.2 Å². The standard InChI is InChI=1S/C21H26ClN3O5/c1-4-30-20(27)13-7-9-25(10-8-13)12(2)19(26)24-17-15-11-14(22)5-6-16(15)23-18(17)21(28)29-3/h5-6,11-13,23H,4,7-10H2,1-3H3,(H,24,26)/t12-/m1/s1. The van der Waals surface area contributed by atoms with Crippen LogP contribution < -0.4 is 5.32 Å². The molecular weight excluding hydrogens is 410 g/mol. The summed E-state index contributed by atoms with van der Waals surface area (Å²) < 4.78 is 9.94. The van der Waals surface area contributed by atoms with E-state index in [1.54, 1.807) is 32.0 Å². The Morgan fingerprint density at radius 3 is 2.63 bits per heavy atom. The number of likely N-dealkylation sites (tertiary alicyclic amines) is 1. The van der Waals surface area contributed by atoms with Crippen LogP contribution in [0.25, 0.3) is 10.9 Å². The average Bonchev–Trinajstić information content (AvgIpc) is 3.10. The number of piperidine rings is 1. The predicted octanol–water partition coefficient (Wildman–Crippen LogP) is 3.21. The van der Waals surface area contributed by atoms with Crippen LogP contribution in [-0.2, 0) is 19.1 Å². The quantitative estimate of drug-likeness (QED) is 0.676. The third kappa shape index (κ3) is 4.60. The number of fused-ring (bicyclic) bond motifs is 1. The number of methoxy groups -OCH3 is 1. The molecule has 1 amide bonds. The highest BCUT2D eigenvalue weighted by Gasteiger charge is 2.31. The molecule has 1 fully saturated rings.